The van der Waals surface area contributed by atoms with Crippen molar-refractivity contribution in [3.05, 3.63) is 35.4 Å². The van der Waals surface area contributed by atoms with E-state index in [0.717, 1.165) is 19.0 Å². The van der Waals surface area contributed by atoms with Crippen molar-refractivity contribution in [1.29, 1.82) is 0 Å². The van der Waals surface area contributed by atoms with E-state index >= 15 is 0 Å². The summed E-state index contributed by atoms with van der Waals surface area (Å²) in [5.41, 5.74) is 2.43. The summed E-state index contributed by atoms with van der Waals surface area (Å²) in [5.74, 6) is 0.863. The molecule has 0 radical (unpaired) electrons. The van der Waals surface area contributed by atoms with Gasteiger partial charge in [-0.3, -0.25) is 4.99 Å². The van der Waals surface area contributed by atoms with Crippen LogP contribution in [-0.2, 0) is 17.9 Å². The van der Waals surface area contributed by atoms with Gasteiger partial charge in [-0.15, -0.1) is 0 Å². The lowest BCUT2D eigenvalue weighted by Gasteiger charge is -2.12. The molecule has 0 saturated carbocycles. The smallest absolute Gasteiger partial charge is 0.191 e. The van der Waals surface area contributed by atoms with E-state index in [1.165, 1.54) is 30.4 Å². The second kappa shape index (κ2) is 10.3. The van der Waals surface area contributed by atoms with Gasteiger partial charge in [-0.05, 0) is 17.5 Å². The summed E-state index contributed by atoms with van der Waals surface area (Å²) in [6.07, 6.45) is 3.68. The monoisotopic (exact) mass is 277 g/mol. The number of ether oxygens (including phenoxy) is 1. The second-order valence-corrected chi connectivity index (χ2v) is 4.81. The Bertz CT molecular complexity index is 387. The van der Waals surface area contributed by atoms with Crippen molar-refractivity contribution in [1.82, 2.24) is 10.6 Å². The largest absolute Gasteiger partial charge is 0.380 e. The zero-order valence-electron chi connectivity index (χ0n) is 12.9. The van der Waals surface area contributed by atoms with Crippen LogP contribution in [0, 0.1) is 0 Å². The molecule has 1 aromatic rings. The topological polar surface area (TPSA) is 45.7 Å². The average molecular weight is 277 g/mol. The highest BCUT2D eigenvalue weighted by Gasteiger charge is 1.98. The molecule has 4 heteroatoms. The molecule has 0 spiro atoms. The minimum atomic E-state index is 0.661. The number of guanidine groups is 1. The maximum Gasteiger partial charge on any atom is 0.191 e. The SMILES string of the molecule is CCCCCNC(=NC)NCc1ccc(COC)cc1. The fraction of sp³-hybridized carbons (Fsp3) is 0.562. The number of hydrogen-bond donors (Lipinski definition) is 2. The molecule has 0 aliphatic carbocycles. The van der Waals surface area contributed by atoms with Crippen LogP contribution in [0.2, 0.25) is 0 Å². The van der Waals surface area contributed by atoms with Crippen LogP contribution in [0.4, 0.5) is 0 Å². The van der Waals surface area contributed by atoms with E-state index in [4.69, 9.17) is 4.74 Å². The third kappa shape index (κ3) is 6.57. The minimum Gasteiger partial charge on any atom is -0.380 e. The third-order valence-electron chi connectivity index (χ3n) is 3.09. The molecule has 0 fully saturated rings. The molecule has 4 nitrogen and oxygen atoms in total. The first-order chi connectivity index (χ1) is 9.80. The maximum atomic E-state index is 5.10. The molecule has 0 aliphatic heterocycles. The van der Waals surface area contributed by atoms with Crippen molar-refractivity contribution in [2.24, 2.45) is 4.99 Å². The molecular weight excluding hydrogens is 250 g/mol. The predicted molar refractivity (Wildman–Crippen MR) is 84.9 cm³/mol. The summed E-state index contributed by atoms with van der Waals surface area (Å²) >= 11 is 0. The number of hydrogen-bond acceptors (Lipinski definition) is 2. The van der Waals surface area contributed by atoms with Gasteiger partial charge in [0.2, 0.25) is 0 Å². The fourth-order valence-corrected chi connectivity index (χ4v) is 1.91. The van der Waals surface area contributed by atoms with Crippen molar-refractivity contribution < 1.29 is 4.74 Å². The van der Waals surface area contributed by atoms with Gasteiger partial charge in [-0.1, -0.05) is 44.0 Å². The Labute approximate surface area is 122 Å². The Balaban J connectivity index is 2.32. The van der Waals surface area contributed by atoms with Gasteiger partial charge in [-0.25, -0.2) is 0 Å². The molecule has 0 amide bonds. The normalized spacial score (nSPS) is 11.4. The van der Waals surface area contributed by atoms with E-state index in [1.54, 1.807) is 14.2 Å². The Morgan fingerprint density at radius 3 is 2.40 bits per heavy atom. The molecule has 2 N–H and O–H groups in total. The van der Waals surface area contributed by atoms with Crippen molar-refractivity contribution in [3.8, 4) is 0 Å². The number of aliphatic imine (C=N–C) groups is 1. The lowest BCUT2D eigenvalue weighted by Crippen LogP contribution is -2.37. The highest BCUT2D eigenvalue weighted by atomic mass is 16.5. The van der Waals surface area contributed by atoms with Crippen molar-refractivity contribution >= 4 is 5.96 Å². The van der Waals surface area contributed by atoms with E-state index in [2.05, 4.69) is 46.8 Å². The molecule has 0 bridgehead atoms. The predicted octanol–water partition coefficient (Wildman–Crippen LogP) is 2.69. The first-order valence-electron chi connectivity index (χ1n) is 7.31. The highest BCUT2D eigenvalue weighted by Crippen LogP contribution is 2.05. The van der Waals surface area contributed by atoms with Gasteiger partial charge in [0.25, 0.3) is 0 Å². The molecule has 1 rings (SSSR count). The third-order valence-corrected chi connectivity index (χ3v) is 3.09. The van der Waals surface area contributed by atoms with Crippen LogP contribution in [0.15, 0.2) is 29.3 Å². The van der Waals surface area contributed by atoms with E-state index in [0.29, 0.717) is 6.61 Å². The summed E-state index contributed by atoms with van der Waals surface area (Å²) < 4.78 is 5.10. The number of methoxy groups -OCH3 is 1. The lowest BCUT2D eigenvalue weighted by molar-refractivity contribution is 0.185. The summed E-state index contributed by atoms with van der Waals surface area (Å²) in [5, 5.41) is 6.65. The molecule has 0 aliphatic rings. The van der Waals surface area contributed by atoms with Gasteiger partial charge in [-0.2, -0.15) is 0 Å². The first-order valence-corrected chi connectivity index (χ1v) is 7.31. The van der Waals surface area contributed by atoms with E-state index in [9.17, 15) is 0 Å². The molecule has 112 valence electrons. The fourth-order valence-electron chi connectivity index (χ4n) is 1.91. The average Bonchev–Trinajstić information content (AvgIpc) is 2.48. The van der Waals surface area contributed by atoms with Crippen LogP contribution in [0.3, 0.4) is 0 Å². The minimum absolute atomic E-state index is 0.661. The highest BCUT2D eigenvalue weighted by molar-refractivity contribution is 5.79. The van der Waals surface area contributed by atoms with Crippen LogP contribution >= 0.6 is 0 Å². The lowest BCUT2D eigenvalue weighted by atomic mass is 10.1. The molecule has 0 heterocycles. The first kappa shape index (κ1) is 16.5. The molecule has 1 aromatic carbocycles. The molecule has 0 atom stereocenters. The summed E-state index contributed by atoms with van der Waals surface area (Å²) in [6, 6.07) is 8.42. The zero-order valence-corrected chi connectivity index (χ0v) is 12.9. The zero-order chi connectivity index (χ0) is 14.6. The van der Waals surface area contributed by atoms with Gasteiger partial charge in [0, 0.05) is 27.2 Å². The summed E-state index contributed by atoms with van der Waals surface area (Å²) in [6.45, 7) is 4.62. The Hall–Kier alpha value is -1.55. The van der Waals surface area contributed by atoms with Crippen LogP contribution in [0.1, 0.15) is 37.3 Å². The number of nitrogens with zero attached hydrogens (tertiary/aromatic N) is 1. The number of rotatable bonds is 8. The molecule has 0 aromatic heterocycles. The molecule has 20 heavy (non-hydrogen) atoms. The maximum absolute atomic E-state index is 5.10. The Kier molecular flexibility index (Phi) is 8.47. The summed E-state index contributed by atoms with van der Waals surface area (Å²) in [4.78, 5) is 4.22. The van der Waals surface area contributed by atoms with Crippen LogP contribution < -0.4 is 10.6 Å². The molecule has 0 unspecified atom stereocenters. The summed E-state index contributed by atoms with van der Waals surface area (Å²) in [7, 11) is 3.51. The van der Waals surface area contributed by atoms with Crippen LogP contribution in [0.25, 0.3) is 0 Å². The quantitative estimate of drug-likeness (QED) is 0.436. The second-order valence-electron chi connectivity index (χ2n) is 4.81. The van der Waals surface area contributed by atoms with Gasteiger partial charge in [0.1, 0.15) is 0 Å². The molecular formula is C16H27N3O. The van der Waals surface area contributed by atoms with Crippen molar-refractivity contribution in [2.75, 3.05) is 20.7 Å². The van der Waals surface area contributed by atoms with E-state index in [1.807, 2.05) is 0 Å². The number of nitrogens with one attached hydrogen (secondary N) is 2. The molecule has 0 saturated heterocycles. The number of benzene rings is 1. The number of unbranched alkanes of at least 4 members (excludes halogenated alkanes) is 2. The van der Waals surface area contributed by atoms with Gasteiger partial charge >= 0.3 is 0 Å². The van der Waals surface area contributed by atoms with Crippen LogP contribution in [-0.4, -0.2) is 26.7 Å². The van der Waals surface area contributed by atoms with Crippen molar-refractivity contribution in [2.45, 2.75) is 39.3 Å². The van der Waals surface area contributed by atoms with E-state index in [-0.39, 0.29) is 0 Å². The van der Waals surface area contributed by atoms with Gasteiger partial charge in [0.05, 0.1) is 6.61 Å². The Morgan fingerprint density at radius 1 is 1.10 bits per heavy atom. The standard InChI is InChI=1S/C16H27N3O/c1-4-5-6-11-18-16(17-2)19-12-14-7-9-15(10-8-14)13-20-3/h7-10H,4-6,11-13H2,1-3H3,(H2,17,18,19). The van der Waals surface area contributed by atoms with Crippen LogP contribution in [0.5, 0.6) is 0 Å². The van der Waals surface area contributed by atoms with Gasteiger partial charge in [0.15, 0.2) is 5.96 Å². The Morgan fingerprint density at radius 2 is 1.80 bits per heavy atom. The van der Waals surface area contributed by atoms with E-state index < -0.39 is 0 Å². The van der Waals surface area contributed by atoms with Gasteiger partial charge < -0.3 is 15.4 Å². The van der Waals surface area contributed by atoms with Crippen molar-refractivity contribution in [3.63, 3.8) is 0 Å².